The molecule has 0 spiro atoms. The van der Waals surface area contributed by atoms with Crippen LogP contribution in [0, 0.1) is 5.92 Å². The van der Waals surface area contributed by atoms with Crippen LogP contribution in [0.3, 0.4) is 0 Å². The lowest BCUT2D eigenvalue weighted by molar-refractivity contribution is -0.124. The molecule has 0 aromatic heterocycles. The van der Waals surface area contributed by atoms with Crippen LogP contribution in [0.2, 0.25) is 0 Å². The zero-order valence-corrected chi connectivity index (χ0v) is 12.2. The number of carbonyl (C=O) groups excluding carboxylic acids is 3. The molecule has 106 valence electrons. The van der Waals surface area contributed by atoms with Gasteiger partial charge in [-0.05, 0) is 12.8 Å². The van der Waals surface area contributed by atoms with E-state index in [1.165, 1.54) is 0 Å². The first-order chi connectivity index (χ1) is 8.91. The number of rotatable bonds is 5. The Bertz CT molecular complexity index is 391. The van der Waals surface area contributed by atoms with Crippen molar-refractivity contribution < 1.29 is 14.4 Å². The number of hydrogen-bond acceptors (Lipinski definition) is 4. The predicted octanol–water partition coefficient (Wildman–Crippen LogP) is 1.54. The largest absolute Gasteiger partial charge is 0.336 e. The molecular weight excluding hydrogens is 266 g/mol. The molecule has 1 rings (SSSR count). The molecule has 1 aliphatic rings. The zero-order valence-electron chi connectivity index (χ0n) is 11.4. The Kier molecular flexibility index (Phi) is 5.88. The van der Waals surface area contributed by atoms with Crippen LogP contribution in [0.5, 0.6) is 0 Å². The maximum absolute atomic E-state index is 11.4. The molecule has 0 aromatic carbocycles. The molecule has 1 fully saturated rings. The molecule has 1 saturated heterocycles. The molecule has 0 unspecified atom stereocenters. The van der Waals surface area contributed by atoms with Gasteiger partial charge in [-0.25, -0.2) is 4.79 Å². The summed E-state index contributed by atoms with van der Waals surface area (Å²) in [6, 6.07) is -0.341. The maximum Gasteiger partial charge on any atom is 0.318 e. The Hall–Kier alpha value is -1.50. The number of allylic oxidation sites excluding steroid dienone is 1. The number of hydrogen-bond donors (Lipinski definition) is 2. The second kappa shape index (κ2) is 7.18. The van der Waals surface area contributed by atoms with Gasteiger partial charge in [0.2, 0.25) is 5.91 Å². The normalized spacial score (nSPS) is 16.2. The molecule has 0 bridgehead atoms. The Labute approximate surface area is 117 Å². The topological polar surface area (TPSA) is 78.5 Å². The van der Waals surface area contributed by atoms with Gasteiger partial charge in [0.1, 0.15) is 0 Å². The van der Waals surface area contributed by atoms with Crippen molar-refractivity contribution in [2.24, 2.45) is 5.92 Å². The summed E-state index contributed by atoms with van der Waals surface area (Å²) in [5, 5.41) is 4.95. The van der Waals surface area contributed by atoms with Crippen LogP contribution in [-0.2, 0) is 4.79 Å². The zero-order chi connectivity index (χ0) is 14.4. The lowest BCUT2D eigenvalue weighted by atomic mass is 10.1. The number of nitrogens with zero attached hydrogens (tertiary/aromatic N) is 1. The van der Waals surface area contributed by atoms with E-state index in [1.807, 2.05) is 20.8 Å². The minimum atomic E-state index is -0.341. The Morgan fingerprint density at radius 3 is 2.68 bits per heavy atom. The van der Waals surface area contributed by atoms with E-state index in [-0.39, 0.29) is 36.0 Å². The summed E-state index contributed by atoms with van der Waals surface area (Å²) in [6.07, 6.45) is 1.65. The molecule has 1 heterocycles. The third-order valence-corrected chi connectivity index (χ3v) is 3.66. The number of carbonyl (C=O) groups is 3. The molecule has 19 heavy (non-hydrogen) atoms. The fourth-order valence-corrected chi connectivity index (χ4v) is 2.03. The van der Waals surface area contributed by atoms with Gasteiger partial charge in [-0.15, -0.1) is 0 Å². The number of thioether (sulfide) groups is 1. The summed E-state index contributed by atoms with van der Waals surface area (Å²) in [6.45, 7) is 6.47. The van der Waals surface area contributed by atoms with Crippen LogP contribution in [0.4, 0.5) is 9.59 Å². The summed E-state index contributed by atoms with van der Waals surface area (Å²) in [7, 11) is 0. The van der Waals surface area contributed by atoms with Gasteiger partial charge in [0.05, 0.1) is 5.75 Å². The lowest BCUT2D eigenvalue weighted by Crippen LogP contribution is -2.40. The monoisotopic (exact) mass is 285 g/mol. The first kappa shape index (κ1) is 15.6. The molecule has 0 radical (unpaired) electrons. The van der Waals surface area contributed by atoms with Gasteiger partial charge in [-0.2, -0.15) is 0 Å². The van der Waals surface area contributed by atoms with Crippen molar-refractivity contribution in [1.29, 1.82) is 0 Å². The fourth-order valence-electron chi connectivity index (χ4n) is 1.28. The highest BCUT2D eigenvalue weighted by atomic mass is 32.2. The predicted molar refractivity (Wildman–Crippen MR) is 74.7 cm³/mol. The second-order valence-corrected chi connectivity index (χ2v) is 5.47. The van der Waals surface area contributed by atoms with Gasteiger partial charge in [-0.3, -0.25) is 14.5 Å². The van der Waals surface area contributed by atoms with Gasteiger partial charge >= 0.3 is 6.03 Å². The highest BCUT2D eigenvalue weighted by Crippen LogP contribution is 2.17. The summed E-state index contributed by atoms with van der Waals surface area (Å²) in [4.78, 5) is 35.2. The van der Waals surface area contributed by atoms with E-state index in [1.54, 1.807) is 6.20 Å². The van der Waals surface area contributed by atoms with Crippen LogP contribution in [0.15, 0.2) is 11.8 Å². The quantitative estimate of drug-likeness (QED) is 0.803. The Morgan fingerprint density at radius 2 is 2.16 bits per heavy atom. The highest BCUT2D eigenvalue weighted by Gasteiger charge is 2.29. The Morgan fingerprint density at radius 1 is 1.47 bits per heavy atom. The fraction of sp³-hybridized carbons (Fsp3) is 0.583. The van der Waals surface area contributed by atoms with Crippen LogP contribution in [0.1, 0.15) is 20.8 Å². The maximum atomic E-state index is 11.4. The average Bonchev–Trinajstić information content (AvgIpc) is 2.67. The summed E-state index contributed by atoms with van der Waals surface area (Å²) in [5.41, 5.74) is 1.07. The molecule has 2 N–H and O–H groups in total. The molecule has 0 atom stereocenters. The number of urea groups is 1. The van der Waals surface area contributed by atoms with Gasteiger partial charge in [0.15, 0.2) is 0 Å². The molecule has 6 nitrogen and oxygen atoms in total. The molecule has 0 saturated carbocycles. The summed E-state index contributed by atoms with van der Waals surface area (Å²) < 4.78 is 0. The van der Waals surface area contributed by atoms with Crippen molar-refractivity contribution in [3.05, 3.63) is 11.8 Å². The molecule has 0 aromatic rings. The van der Waals surface area contributed by atoms with Crippen LogP contribution >= 0.6 is 11.8 Å². The van der Waals surface area contributed by atoms with E-state index < -0.39 is 0 Å². The summed E-state index contributed by atoms with van der Waals surface area (Å²) >= 11 is 0.989. The first-order valence-corrected chi connectivity index (χ1v) is 7.08. The van der Waals surface area contributed by atoms with Crippen molar-refractivity contribution in [3.8, 4) is 0 Å². The Balaban J connectivity index is 2.26. The van der Waals surface area contributed by atoms with E-state index in [4.69, 9.17) is 0 Å². The molecule has 4 amide bonds. The van der Waals surface area contributed by atoms with Crippen molar-refractivity contribution in [1.82, 2.24) is 15.5 Å². The lowest BCUT2D eigenvalue weighted by Gasteiger charge is -2.13. The summed E-state index contributed by atoms with van der Waals surface area (Å²) in [5.74, 6) is 0.367. The van der Waals surface area contributed by atoms with Crippen molar-refractivity contribution >= 4 is 28.9 Å². The standard InChI is InChI=1S/C12H19N3O3S/c1-8(2)9(3)6-14-11(17)13-4-5-15-10(16)7-19-12(15)18/h6,8H,4-5,7H2,1-3H3,(H2,13,14,17)/b9-6+. The van der Waals surface area contributed by atoms with E-state index in [0.717, 1.165) is 22.2 Å². The SMILES string of the molecule is C/C(=C\NC(=O)NCCN1C(=O)CSC1=O)C(C)C. The van der Waals surface area contributed by atoms with Crippen molar-refractivity contribution in [2.45, 2.75) is 20.8 Å². The van der Waals surface area contributed by atoms with Crippen LogP contribution in [-0.4, -0.2) is 40.9 Å². The van der Waals surface area contributed by atoms with Crippen LogP contribution in [0.25, 0.3) is 0 Å². The van der Waals surface area contributed by atoms with Gasteiger partial charge in [0.25, 0.3) is 5.24 Å². The third kappa shape index (κ3) is 4.94. The van der Waals surface area contributed by atoms with E-state index >= 15 is 0 Å². The third-order valence-electron chi connectivity index (χ3n) is 2.80. The molecule has 7 heteroatoms. The second-order valence-electron chi connectivity index (χ2n) is 4.54. The van der Waals surface area contributed by atoms with Gasteiger partial charge < -0.3 is 10.6 Å². The average molecular weight is 285 g/mol. The van der Waals surface area contributed by atoms with Crippen molar-refractivity contribution in [2.75, 3.05) is 18.8 Å². The highest BCUT2D eigenvalue weighted by molar-refractivity contribution is 8.14. The number of amides is 4. The number of nitrogens with one attached hydrogen (secondary N) is 2. The number of imide groups is 1. The molecule has 1 aliphatic heterocycles. The van der Waals surface area contributed by atoms with E-state index in [2.05, 4.69) is 10.6 Å². The van der Waals surface area contributed by atoms with E-state index in [9.17, 15) is 14.4 Å². The van der Waals surface area contributed by atoms with Gasteiger partial charge in [0, 0.05) is 19.3 Å². The minimum Gasteiger partial charge on any atom is -0.336 e. The van der Waals surface area contributed by atoms with Gasteiger partial charge in [-0.1, -0.05) is 31.2 Å². The minimum absolute atomic E-state index is 0.196. The van der Waals surface area contributed by atoms with E-state index in [0.29, 0.717) is 5.92 Å². The smallest absolute Gasteiger partial charge is 0.318 e. The molecular formula is C12H19N3O3S. The van der Waals surface area contributed by atoms with Crippen molar-refractivity contribution in [3.63, 3.8) is 0 Å². The van der Waals surface area contributed by atoms with Crippen LogP contribution < -0.4 is 10.6 Å². The first-order valence-electron chi connectivity index (χ1n) is 6.10. The molecule has 0 aliphatic carbocycles.